The van der Waals surface area contributed by atoms with Crippen LogP contribution in [0.15, 0.2) is 23.2 Å². The zero-order valence-corrected chi connectivity index (χ0v) is 12.3. The van der Waals surface area contributed by atoms with E-state index in [2.05, 4.69) is 15.2 Å². The number of hydrogen-bond acceptors (Lipinski definition) is 1. The van der Waals surface area contributed by atoms with Crippen molar-refractivity contribution in [3.8, 4) is 0 Å². The normalized spacial score (nSPS) is 20.7. The summed E-state index contributed by atoms with van der Waals surface area (Å²) >= 11 is 0. The van der Waals surface area contributed by atoms with E-state index >= 15 is 0 Å². The topological polar surface area (TPSA) is 27.6 Å². The Labute approximate surface area is 124 Å². The zero-order chi connectivity index (χ0) is 14.9. The van der Waals surface area contributed by atoms with Gasteiger partial charge in [0, 0.05) is 32.2 Å². The van der Waals surface area contributed by atoms with Crippen molar-refractivity contribution in [1.82, 2.24) is 10.2 Å². The fraction of sp³-hybridized carbons (Fsp3) is 0.562. The monoisotopic (exact) mass is 293 g/mol. The van der Waals surface area contributed by atoms with Gasteiger partial charge in [-0.05, 0) is 42.9 Å². The van der Waals surface area contributed by atoms with Crippen LogP contribution in [0.3, 0.4) is 0 Å². The summed E-state index contributed by atoms with van der Waals surface area (Å²) in [6.07, 6.45) is 5.15. The van der Waals surface area contributed by atoms with Gasteiger partial charge in [-0.15, -0.1) is 0 Å². The van der Waals surface area contributed by atoms with E-state index < -0.39 is 11.6 Å². The van der Waals surface area contributed by atoms with Crippen molar-refractivity contribution in [1.29, 1.82) is 0 Å². The van der Waals surface area contributed by atoms with E-state index in [-0.39, 0.29) is 6.54 Å². The van der Waals surface area contributed by atoms with Gasteiger partial charge in [-0.3, -0.25) is 4.99 Å². The van der Waals surface area contributed by atoms with Crippen LogP contribution in [-0.4, -0.2) is 31.0 Å². The van der Waals surface area contributed by atoms with Gasteiger partial charge in [-0.2, -0.15) is 0 Å². The highest BCUT2D eigenvalue weighted by molar-refractivity contribution is 5.80. The molecule has 1 saturated carbocycles. The number of likely N-dealkylation sites (tertiary alicyclic amines) is 1. The van der Waals surface area contributed by atoms with Crippen LogP contribution in [0.4, 0.5) is 8.78 Å². The third kappa shape index (κ3) is 2.87. The molecule has 1 heterocycles. The largest absolute Gasteiger partial charge is 0.352 e. The average molecular weight is 293 g/mol. The molecule has 2 fully saturated rings. The first-order valence-corrected chi connectivity index (χ1v) is 7.51. The number of benzene rings is 1. The predicted octanol–water partition coefficient (Wildman–Crippen LogP) is 2.92. The first kappa shape index (κ1) is 14.3. The van der Waals surface area contributed by atoms with Crippen molar-refractivity contribution >= 4 is 5.96 Å². The average Bonchev–Trinajstić information content (AvgIpc) is 2.89. The van der Waals surface area contributed by atoms with E-state index in [9.17, 15) is 8.78 Å². The Balaban J connectivity index is 1.62. The Bertz CT molecular complexity index is 552. The lowest BCUT2D eigenvalue weighted by molar-refractivity contribution is 0.151. The van der Waals surface area contributed by atoms with E-state index in [1.165, 1.54) is 31.7 Å². The van der Waals surface area contributed by atoms with Crippen LogP contribution in [0.1, 0.15) is 31.2 Å². The molecule has 1 saturated heterocycles. The van der Waals surface area contributed by atoms with Gasteiger partial charge in [0.15, 0.2) is 5.96 Å². The van der Waals surface area contributed by atoms with Gasteiger partial charge in [-0.25, -0.2) is 8.78 Å². The van der Waals surface area contributed by atoms with E-state index in [1.807, 2.05) is 0 Å². The zero-order valence-electron chi connectivity index (χ0n) is 12.3. The van der Waals surface area contributed by atoms with Crippen LogP contribution in [-0.2, 0) is 6.54 Å². The molecule has 0 amide bonds. The van der Waals surface area contributed by atoms with Gasteiger partial charge in [0.2, 0.25) is 0 Å². The van der Waals surface area contributed by atoms with Crippen LogP contribution >= 0.6 is 0 Å². The second-order valence-electron chi connectivity index (χ2n) is 6.16. The number of aliphatic imine (C=N–C) groups is 1. The lowest BCUT2D eigenvalue weighted by Crippen LogP contribution is -2.42. The molecule has 2 aliphatic rings. The van der Waals surface area contributed by atoms with Gasteiger partial charge >= 0.3 is 0 Å². The lowest BCUT2D eigenvalue weighted by Gasteiger charge is -2.38. The first-order chi connectivity index (χ1) is 10.1. The highest BCUT2D eigenvalue weighted by Crippen LogP contribution is 2.47. The smallest absolute Gasteiger partial charge is 0.193 e. The molecule has 1 aromatic carbocycles. The number of hydrogen-bond donors (Lipinski definition) is 1. The number of rotatable bonds is 2. The van der Waals surface area contributed by atoms with Crippen molar-refractivity contribution in [3.05, 3.63) is 35.4 Å². The van der Waals surface area contributed by atoms with E-state index in [4.69, 9.17) is 0 Å². The minimum atomic E-state index is -0.419. The lowest BCUT2D eigenvalue weighted by atomic mass is 9.68. The van der Waals surface area contributed by atoms with Crippen LogP contribution in [0.25, 0.3) is 0 Å². The minimum absolute atomic E-state index is 0.250. The van der Waals surface area contributed by atoms with Crippen molar-refractivity contribution in [2.45, 2.75) is 32.2 Å². The summed E-state index contributed by atoms with van der Waals surface area (Å²) in [5.74, 6) is -0.0311. The number of guanidine groups is 1. The molecule has 3 nitrogen and oxygen atoms in total. The predicted molar refractivity (Wildman–Crippen MR) is 79.0 cm³/mol. The third-order valence-corrected chi connectivity index (χ3v) is 4.81. The molecule has 0 bridgehead atoms. The summed E-state index contributed by atoms with van der Waals surface area (Å²) in [4.78, 5) is 6.51. The summed E-state index contributed by atoms with van der Waals surface area (Å²) in [7, 11) is 1.73. The highest BCUT2D eigenvalue weighted by atomic mass is 19.1. The SMILES string of the molecule is CN=C(NCc1cc(F)ccc1F)N1CCC2(CCC2)C1. The molecule has 0 aromatic heterocycles. The van der Waals surface area contributed by atoms with Crippen LogP contribution in [0.5, 0.6) is 0 Å². The Morgan fingerprint density at radius 3 is 2.76 bits per heavy atom. The van der Waals surface area contributed by atoms with Crippen LogP contribution in [0.2, 0.25) is 0 Å². The molecule has 0 atom stereocenters. The van der Waals surface area contributed by atoms with Crippen molar-refractivity contribution in [3.63, 3.8) is 0 Å². The Hall–Kier alpha value is -1.65. The molecule has 0 unspecified atom stereocenters. The first-order valence-electron chi connectivity index (χ1n) is 7.51. The molecular weight excluding hydrogens is 272 g/mol. The molecule has 1 aromatic rings. The summed E-state index contributed by atoms with van der Waals surface area (Å²) in [6.45, 7) is 2.27. The molecule has 3 rings (SSSR count). The second-order valence-corrected chi connectivity index (χ2v) is 6.16. The van der Waals surface area contributed by atoms with E-state index in [0.29, 0.717) is 11.0 Å². The fourth-order valence-electron chi connectivity index (χ4n) is 3.39. The maximum absolute atomic E-state index is 13.6. The molecule has 114 valence electrons. The Morgan fingerprint density at radius 2 is 2.14 bits per heavy atom. The number of nitrogens with one attached hydrogen (secondary N) is 1. The van der Waals surface area contributed by atoms with Crippen molar-refractivity contribution in [2.75, 3.05) is 20.1 Å². The molecule has 1 N–H and O–H groups in total. The van der Waals surface area contributed by atoms with Gasteiger partial charge in [0.25, 0.3) is 0 Å². The van der Waals surface area contributed by atoms with Crippen LogP contribution < -0.4 is 5.32 Å². The molecule has 21 heavy (non-hydrogen) atoms. The Morgan fingerprint density at radius 1 is 1.33 bits per heavy atom. The van der Waals surface area contributed by atoms with Crippen molar-refractivity contribution in [2.24, 2.45) is 10.4 Å². The Kier molecular flexibility index (Phi) is 3.83. The summed E-state index contributed by atoms with van der Waals surface area (Å²) < 4.78 is 26.8. The van der Waals surface area contributed by atoms with Gasteiger partial charge in [0.1, 0.15) is 11.6 Å². The van der Waals surface area contributed by atoms with E-state index in [0.717, 1.165) is 31.2 Å². The van der Waals surface area contributed by atoms with Gasteiger partial charge in [-0.1, -0.05) is 6.42 Å². The highest BCUT2D eigenvalue weighted by Gasteiger charge is 2.43. The molecule has 1 aliphatic heterocycles. The minimum Gasteiger partial charge on any atom is -0.352 e. The molecule has 5 heteroatoms. The standard InChI is InChI=1S/C16H21F2N3/c1-19-15(21-8-7-16(11-21)5-2-6-16)20-10-12-9-13(17)3-4-14(12)18/h3-4,9H,2,5-8,10-11H2,1H3,(H,19,20). The quantitative estimate of drug-likeness (QED) is 0.670. The molecule has 1 spiro atoms. The molecule has 0 radical (unpaired) electrons. The summed E-state index contributed by atoms with van der Waals surface area (Å²) in [5.41, 5.74) is 0.815. The van der Waals surface area contributed by atoms with E-state index in [1.54, 1.807) is 7.05 Å². The van der Waals surface area contributed by atoms with Gasteiger partial charge < -0.3 is 10.2 Å². The number of halogens is 2. The fourth-order valence-corrected chi connectivity index (χ4v) is 3.39. The van der Waals surface area contributed by atoms with Gasteiger partial charge in [0.05, 0.1) is 0 Å². The maximum atomic E-state index is 13.6. The number of nitrogens with zero attached hydrogens (tertiary/aromatic N) is 2. The van der Waals surface area contributed by atoms with Crippen LogP contribution in [0, 0.1) is 17.0 Å². The molecule has 1 aliphatic carbocycles. The van der Waals surface area contributed by atoms with Crippen molar-refractivity contribution < 1.29 is 8.78 Å². The molecular formula is C16H21F2N3. The maximum Gasteiger partial charge on any atom is 0.193 e. The summed E-state index contributed by atoms with van der Waals surface area (Å²) in [6, 6.07) is 3.52. The third-order valence-electron chi connectivity index (χ3n) is 4.81. The summed E-state index contributed by atoms with van der Waals surface area (Å²) in [5, 5.41) is 3.15. The second kappa shape index (κ2) is 5.62.